The van der Waals surface area contributed by atoms with Crippen molar-refractivity contribution >= 4 is 5.91 Å². The molecule has 0 radical (unpaired) electrons. The molecule has 0 fully saturated rings. The molecule has 2 aromatic carbocycles. The van der Waals surface area contributed by atoms with E-state index < -0.39 is 17.8 Å². The average molecular weight is 437 g/mol. The maximum Gasteiger partial charge on any atom is 0.416 e. The third-order valence-corrected chi connectivity index (χ3v) is 5.35. The van der Waals surface area contributed by atoms with E-state index in [-0.39, 0.29) is 24.2 Å². The summed E-state index contributed by atoms with van der Waals surface area (Å²) in [7, 11) is 3.08. The zero-order valence-electron chi connectivity index (χ0n) is 18.0. The lowest BCUT2D eigenvalue weighted by atomic mass is 9.91. The highest BCUT2D eigenvalue weighted by atomic mass is 19.4. The standard InChI is InChI=1S/C23H26F3NO4/c1-14(2)22(28)27-9-8-15-10-20(29-3)21(30-4)12-18(15)19(27)13-31-17-7-5-6-16(11-17)23(24,25)26/h5-7,10-12,14,19H,8-9,13H2,1-4H3/t19-/m1/s1. The minimum absolute atomic E-state index is 0.0161. The first-order valence-corrected chi connectivity index (χ1v) is 10.0. The number of hydrogen-bond donors (Lipinski definition) is 0. The number of alkyl halides is 3. The monoisotopic (exact) mass is 437 g/mol. The van der Waals surface area contributed by atoms with Crippen LogP contribution in [0.2, 0.25) is 0 Å². The van der Waals surface area contributed by atoms with Crippen molar-refractivity contribution in [2.24, 2.45) is 5.92 Å². The first kappa shape index (κ1) is 22.8. The number of carbonyl (C=O) groups is 1. The van der Waals surface area contributed by atoms with Gasteiger partial charge in [0.15, 0.2) is 11.5 Å². The smallest absolute Gasteiger partial charge is 0.416 e. The van der Waals surface area contributed by atoms with Gasteiger partial charge in [0.1, 0.15) is 12.4 Å². The van der Waals surface area contributed by atoms with E-state index in [2.05, 4.69) is 0 Å². The summed E-state index contributed by atoms with van der Waals surface area (Å²) in [6.07, 6.45) is -3.82. The Bertz CT molecular complexity index is 943. The van der Waals surface area contributed by atoms with Gasteiger partial charge in [0.2, 0.25) is 5.91 Å². The van der Waals surface area contributed by atoms with Crippen LogP contribution >= 0.6 is 0 Å². The maximum absolute atomic E-state index is 13.0. The molecule has 8 heteroatoms. The summed E-state index contributed by atoms with van der Waals surface area (Å²) in [6.45, 7) is 4.13. The topological polar surface area (TPSA) is 48.0 Å². The number of halogens is 3. The lowest BCUT2D eigenvalue weighted by Gasteiger charge is -2.38. The van der Waals surface area contributed by atoms with E-state index in [9.17, 15) is 18.0 Å². The van der Waals surface area contributed by atoms with Gasteiger partial charge < -0.3 is 19.1 Å². The second-order valence-corrected chi connectivity index (χ2v) is 7.69. The van der Waals surface area contributed by atoms with Gasteiger partial charge in [-0.25, -0.2) is 0 Å². The zero-order valence-corrected chi connectivity index (χ0v) is 18.0. The normalized spacial score (nSPS) is 16.1. The van der Waals surface area contributed by atoms with Crippen molar-refractivity contribution in [3.05, 3.63) is 53.1 Å². The molecule has 1 amide bonds. The van der Waals surface area contributed by atoms with Crippen LogP contribution in [0, 0.1) is 5.92 Å². The molecule has 0 bridgehead atoms. The van der Waals surface area contributed by atoms with E-state index in [1.807, 2.05) is 26.0 Å². The second-order valence-electron chi connectivity index (χ2n) is 7.69. The fourth-order valence-corrected chi connectivity index (χ4v) is 3.74. The lowest BCUT2D eigenvalue weighted by molar-refractivity contribution is -0.138. The molecule has 0 aliphatic carbocycles. The Kier molecular flexibility index (Phi) is 6.67. The Morgan fingerprint density at radius 2 is 1.81 bits per heavy atom. The van der Waals surface area contributed by atoms with Crippen LogP contribution in [0.5, 0.6) is 17.2 Å². The van der Waals surface area contributed by atoms with Gasteiger partial charge in [-0.2, -0.15) is 13.2 Å². The number of ether oxygens (including phenoxy) is 3. The second kappa shape index (κ2) is 9.08. The van der Waals surface area contributed by atoms with Gasteiger partial charge in [0.25, 0.3) is 0 Å². The van der Waals surface area contributed by atoms with Gasteiger partial charge in [-0.15, -0.1) is 0 Å². The minimum Gasteiger partial charge on any atom is -0.493 e. The van der Waals surface area contributed by atoms with Crippen LogP contribution in [0.25, 0.3) is 0 Å². The number of hydrogen-bond acceptors (Lipinski definition) is 4. The average Bonchev–Trinajstić information content (AvgIpc) is 2.75. The minimum atomic E-state index is -4.46. The van der Waals surface area contributed by atoms with Gasteiger partial charge in [-0.3, -0.25) is 4.79 Å². The van der Waals surface area contributed by atoms with Crippen molar-refractivity contribution < 1.29 is 32.2 Å². The molecule has 0 unspecified atom stereocenters. The summed E-state index contributed by atoms with van der Waals surface area (Å²) in [4.78, 5) is 14.6. The molecular formula is C23H26F3NO4. The van der Waals surface area contributed by atoms with Crippen molar-refractivity contribution in [1.82, 2.24) is 4.90 Å². The van der Waals surface area contributed by atoms with E-state index in [1.165, 1.54) is 19.2 Å². The van der Waals surface area contributed by atoms with Crippen molar-refractivity contribution in [2.75, 3.05) is 27.4 Å². The Morgan fingerprint density at radius 3 is 2.42 bits per heavy atom. The van der Waals surface area contributed by atoms with Crippen LogP contribution in [0.15, 0.2) is 36.4 Å². The van der Waals surface area contributed by atoms with Crippen LogP contribution in [-0.2, 0) is 17.4 Å². The number of fused-ring (bicyclic) bond motifs is 1. The molecule has 5 nitrogen and oxygen atoms in total. The van der Waals surface area contributed by atoms with Gasteiger partial charge in [0.05, 0.1) is 25.8 Å². The number of rotatable bonds is 6. The third kappa shape index (κ3) is 4.89. The van der Waals surface area contributed by atoms with Gasteiger partial charge >= 0.3 is 6.18 Å². The van der Waals surface area contributed by atoms with E-state index in [1.54, 1.807) is 12.0 Å². The molecule has 0 aromatic heterocycles. The SMILES string of the molecule is COc1cc2c(cc1OC)[C@@H](COc1cccc(C(F)(F)F)c1)N(C(=O)C(C)C)CC2. The van der Waals surface area contributed by atoms with Crippen molar-refractivity contribution in [1.29, 1.82) is 0 Å². The Labute approximate surface area is 179 Å². The van der Waals surface area contributed by atoms with E-state index in [0.29, 0.717) is 24.5 Å². The molecule has 0 N–H and O–H groups in total. The Balaban J connectivity index is 1.95. The molecule has 3 rings (SSSR count). The summed E-state index contributed by atoms with van der Waals surface area (Å²) in [5.74, 6) is 0.932. The Hall–Kier alpha value is -2.90. The summed E-state index contributed by atoms with van der Waals surface area (Å²) < 4.78 is 55.7. The van der Waals surface area contributed by atoms with Crippen molar-refractivity contribution in [3.8, 4) is 17.2 Å². The van der Waals surface area contributed by atoms with Crippen LogP contribution in [0.4, 0.5) is 13.2 Å². The Morgan fingerprint density at radius 1 is 1.13 bits per heavy atom. The van der Waals surface area contributed by atoms with E-state index in [4.69, 9.17) is 14.2 Å². The number of nitrogens with zero attached hydrogens (tertiary/aromatic N) is 1. The molecule has 0 saturated heterocycles. The predicted molar refractivity (Wildman–Crippen MR) is 109 cm³/mol. The van der Waals surface area contributed by atoms with Crippen LogP contribution < -0.4 is 14.2 Å². The number of methoxy groups -OCH3 is 2. The highest BCUT2D eigenvalue weighted by molar-refractivity contribution is 5.79. The summed E-state index contributed by atoms with van der Waals surface area (Å²) in [5, 5.41) is 0. The molecule has 1 heterocycles. The molecule has 31 heavy (non-hydrogen) atoms. The van der Waals surface area contributed by atoms with Crippen molar-refractivity contribution in [2.45, 2.75) is 32.5 Å². The highest BCUT2D eigenvalue weighted by Crippen LogP contribution is 2.39. The third-order valence-electron chi connectivity index (χ3n) is 5.35. The first-order chi connectivity index (χ1) is 14.7. The van der Waals surface area contributed by atoms with Crippen molar-refractivity contribution in [3.63, 3.8) is 0 Å². The lowest BCUT2D eigenvalue weighted by Crippen LogP contribution is -2.44. The first-order valence-electron chi connectivity index (χ1n) is 10.0. The largest absolute Gasteiger partial charge is 0.493 e. The number of carbonyl (C=O) groups excluding carboxylic acids is 1. The summed E-state index contributed by atoms with van der Waals surface area (Å²) in [5.41, 5.74) is 1.04. The highest BCUT2D eigenvalue weighted by Gasteiger charge is 2.34. The fraction of sp³-hybridized carbons (Fsp3) is 0.435. The molecular weight excluding hydrogens is 411 g/mol. The summed E-state index contributed by atoms with van der Waals surface area (Å²) >= 11 is 0. The van der Waals surface area contributed by atoms with E-state index >= 15 is 0 Å². The summed E-state index contributed by atoms with van der Waals surface area (Å²) in [6, 6.07) is 7.96. The van der Waals surface area contributed by atoms with Crippen LogP contribution in [-0.4, -0.2) is 38.2 Å². The fourth-order valence-electron chi connectivity index (χ4n) is 3.74. The number of amides is 1. The predicted octanol–water partition coefficient (Wildman–Crippen LogP) is 4.88. The number of benzene rings is 2. The molecule has 1 aliphatic heterocycles. The molecule has 1 atom stereocenters. The molecule has 0 saturated carbocycles. The molecule has 0 spiro atoms. The zero-order chi connectivity index (χ0) is 22.8. The quantitative estimate of drug-likeness (QED) is 0.646. The van der Waals surface area contributed by atoms with E-state index in [0.717, 1.165) is 23.3 Å². The van der Waals surface area contributed by atoms with Crippen LogP contribution in [0.3, 0.4) is 0 Å². The molecule has 168 valence electrons. The van der Waals surface area contributed by atoms with Gasteiger partial charge in [0, 0.05) is 12.5 Å². The van der Waals surface area contributed by atoms with Crippen LogP contribution in [0.1, 0.15) is 36.6 Å². The maximum atomic E-state index is 13.0. The van der Waals surface area contributed by atoms with Gasteiger partial charge in [-0.05, 0) is 47.9 Å². The molecule has 2 aromatic rings. The van der Waals surface area contributed by atoms with Gasteiger partial charge in [-0.1, -0.05) is 19.9 Å². The molecule has 1 aliphatic rings.